The molecule has 0 aliphatic rings. The Bertz CT molecular complexity index is 615. The standard InChI is InChI=1S/C13H13FN4O/c1-8-5-10(3-4-16-8)18-13(19)11-6-9(14)7-17-12(11)15-2/h3-7H,1-2H3,(H,15,17)(H,16,18,19). The van der Waals surface area contributed by atoms with E-state index in [0.29, 0.717) is 11.5 Å². The first-order valence-corrected chi connectivity index (χ1v) is 5.67. The van der Waals surface area contributed by atoms with Gasteiger partial charge in [0.25, 0.3) is 5.91 Å². The lowest BCUT2D eigenvalue weighted by atomic mass is 10.2. The second kappa shape index (κ2) is 5.43. The third kappa shape index (κ3) is 3.04. The Kier molecular flexibility index (Phi) is 3.70. The van der Waals surface area contributed by atoms with Gasteiger partial charge in [-0.2, -0.15) is 0 Å². The Morgan fingerprint density at radius 1 is 1.32 bits per heavy atom. The largest absolute Gasteiger partial charge is 0.372 e. The van der Waals surface area contributed by atoms with Crippen molar-refractivity contribution in [3.05, 3.63) is 47.7 Å². The summed E-state index contributed by atoms with van der Waals surface area (Å²) in [6.07, 6.45) is 2.65. The van der Waals surface area contributed by atoms with Gasteiger partial charge in [-0.3, -0.25) is 9.78 Å². The van der Waals surface area contributed by atoms with Gasteiger partial charge in [-0.15, -0.1) is 0 Å². The van der Waals surface area contributed by atoms with Crippen molar-refractivity contribution in [1.82, 2.24) is 9.97 Å². The van der Waals surface area contributed by atoms with Crippen molar-refractivity contribution in [3.8, 4) is 0 Å². The van der Waals surface area contributed by atoms with Gasteiger partial charge in [0.1, 0.15) is 11.6 Å². The number of hydrogen-bond acceptors (Lipinski definition) is 4. The zero-order valence-electron chi connectivity index (χ0n) is 10.6. The maximum atomic E-state index is 13.2. The van der Waals surface area contributed by atoms with Crippen LogP contribution in [0.15, 0.2) is 30.6 Å². The smallest absolute Gasteiger partial charge is 0.259 e. The lowest BCUT2D eigenvalue weighted by Gasteiger charge is -2.09. The number of halogens is 1. The summed E-state index contributed by atoms with van der Waals surface area (Å²) in [5.74, 6) is -0.665. The number of nitrogens with zero attached hydrogens (tertiary/aromatic N) is 2. The van der Waals surface area contributed by atoms with Crippen LogP contribution in [-0.2, 0) is 0 Å². The van der Waals surface area contributed by atoms with Gasteiger partial charge in [0, 0.05) is 24.6 Å². The van der Waals surface area contributed by atoms with E-state index in [0.717, 1.165) is 18.0 Å². The Morgan fingerprint density at radius 3 is 2.79 bits per heavy atom. The molecule has 0 unspecified atom stereocenters. The number of carbonyl (C=O) groups is 1. The molecule has 0 fully saturated rings. The molecule has 2 heterocycles. The number of aromatic nitrogens is 2. The van der Waals surface area contributed by atoms with Crippen molar-refractivity contribution in [3.63, 3.8) is 0 Å². The Balaban J connectivity index is 2.27. The van der Waals surface area contributed by atoms with Crippen LogP contribution in [0.4, 0.5) is 15.9 Å². The molecule has 0 aliphatic heterocycles. The van der Waals surface area contributed by atoms with E-state index in [9.17, 15) is 9.18 Å². The van der Waals surface area contributed by atoms with E-state index < -0.39 is 11.7 Å². The first-order valence-electron chi connectivity index (χ1n) is 5.67. The summed E-state index contributed by atoms with van der Waals surface area (Å²) in [6.45, 7) is 1.82. The first-order chi connectivity index (χ1) is 9.10. The molecule has 2 N–H and O–H groups in total. The zero-order valence-corrected chi connectivity index (χ0v) is 10.6. The van der Waals surface area contributed by atoms with Crippen LogP contribution in [0.5, 0.6) is 0 Å². The summed E-state index contributed by atoms with van der Waals surface area (Å²) in [4.78, 5) is 19.9. The molecule has 2 aromatic rings. The van der Waals surface area contributed by atoms with Gasteiger partial charge in [-0.1, -0.05) is 0 Å². The predicted octanol–water partition coefficient (Wildman–Crippen LogP) is 2.22. The first kappa shape index (κ1) is 12.9. The van der Waals surface area contributed by atoms with Crippen LogP contribution in [0, 0.1) is 12.7 Å². The number of pyridine rings is 2. The Morgan fingerprint density at radius 2 is 2.11 bits per heavy atom. The molecule has 1 amide bonds. The molecule has 6 heteroatoms. The van der Waals surface area contributed by atoms with Crippen LogP contribution in [0.2, 0.25) is 0 Å². The van der Waals surface area contributed by atoms with Crippen LogP contribution < -0.4 is 10.6 Å². The molecule has 2 rings (SSSR count). The molecular formula is C13H13FN4O. The number of nitrogens with one attached hydrogen (secondary N) is 2. The molecule has 0 radical (unpaired) electrons. The highest BCUT2D eigenvalue weighted by molar-refractivity contribution is 6.07. The van der Waals surface area contributed by atoms with Gasteiger partial charge >= 0.3 is 0 Å². The van der Waals surface area contributed by atoms with E-state index in [1.165, 1.54) is 0 Å². The van der Waals surface area contributed by atoms with Crippen molar-refractivity contribution in [1.29, 1.82) is 0 Å². The summed E-state index contributed by atoms with van der Waals surface area (Å²) in [5.41, 5.74) is 1.53. The second-order valence-corrected chi connectivity index (χ2v) is 3.94. The summed E-state index contributed by atoms with van der Waals surface area (Å²) in [7, 11) is 1.62. The molecule has 0 saturated heterocycles. The highest BCUT2D eigenvalue weighted by Gasteiger charge is 2.13. The van der Waals surface area contributed by atoms with Gasteiger partial charge < -0.3 is 10.6 Å². The van der Waals surface area contributed by atoms with Crippen LogP contribution in [0.1, 0.15) is 16.1 Å². The molecule has 5 nitrogen and oxygen atoms in total. The summed E-state index contributed by atoms with van der Waals surface area (Å²) >= 11 is 0. The third-order valence-electron chi connectivity index (χ3n) is 2.49. The molecule has 0 bridgehead atoms. The Labute approximate surface area is 109 Å². The number of rotatable bonds is 3. The number of aryl methyl sites for hydroxylation is 1. The SMILES string of the molecule is CNc1ncc(F)cc1C(=O)Nc1ccnc(C)c1. The average molecular weight is 260 g/mol. The average Bonchev–Trinajstić information content (AvgIpc) is 2.38. The molecule has 0 aliphatic carbocycles. The lowest BCUT2D eigenvalue weighted by molar-refractivity contribution is 0.102. The molecule has 2 aromatic heterocycles. The minimum Gasteiger partial charge on any atom is -0.372 e. The number of hydrogen-bond donors (Lipinski definition) is 2. The van der Waals surface area contributed by atoms with Gasteiger partial charge in [-0.25, -0.2) is 9.37 Å². The minimum atomic E-state index is -0.560. The van der Waals surface area contributed by atoms with Crippen LogP contribution in [0.3, 0.4) is 0 Å². The highest BCUT2D eigenvalue weighted by Crippen LogP contribution is 2.16. The number of carbonyl (C=O) groups excluding carboxylic acids is 1. The fraction of sp³-hybridized carbons (Fsp3) is 0.154. The number of anilines is 2. The topological polar surface area (TPSA) is 66.9 Å². The zero-order chi connectivity index (χ0) is 13.8. The lowest BCUT2D eigenvalue weighted by Crippen LogP contribution is -2.15. The quantitative estimate of drug-likeness (QED) is 0.888. The maximum absolute atomic E-state index is 13.2. The summed E-state index contributed by atoms with van der Waals surface area (Å²) < 4.78 is 13.2. The van der Waals surface area contributed by atoms with Gasteiger partial charge in [-0.05, 0) is 25.1 Å². The van der Waals surface area contributed by atoms with E-state index in [2.05, 4.69) is 20.6 Å². The number of amides is 1. The van der Waals surface area contributed by atoms with Crippen LogP contribution >= 0.6 is 0 Å². The minimum absolute atomic E-state index is 0.150. The monoisotopic (exact) mass is 260 g/mol. The van der Waals surface area contributed by atoms with Crippen LogP contribution in [0.25, 0.3) is 0 Å². The molecule has 0 spiro atoms. The molecule has 0 atom stereocenters. The van der Waals surface area contributed by atoms with E-state index in [1.807, 2.05) is 6.92 Å². The fourth-order valence-electron chi connectivity index (χ4n) is 1.63. The normalized spacial score (nSPS) is 10.1. The van der Waals surface area contributed by atoms with Crippen molar-refractivity contribution in [2.45, 2.75) is 6.92 Å². The van der Waals surface area contributed by atoms with Crippen molar-refractivity contribution in [2.75, 3.05) is 17.7 Å². The summed E-state index contributed by atoms with van der Waals surface area (Å²) in [6, 6.07) is 4.53. The van der Waals surface area contributed by atoms with E-state index in [1.54, 1.807) is 25.4 Å². The molecule has 0 saturated carbocycles. The molecule has 0 aromatic carbocycles. The van der Waals surface area contributed by atoms with E-state index >= 15 is 0 Å². The third-order valence-corrected chi connectivity index (χ3v) is 2.49. The van der Waals surface area contributed by atoms with Crippen molar-refractivity contribution < 1.29 is 9.18 Å². The van der Waals surface area contributed by atoms with Gasteiger partial charge in [0.2, 0.25) is 0 Å². The van der Waals surface area contributed by atoms with Crippen molar-refractivity contribution >= 4 is 17.4 Å². The summed E-state index contributed by atoms with van der Waals surface area (Å²) in [5, 5.41) is 5.43. The maximum Gasteiger partial charge on any atom is 0.259 e. The molecule has 19 heavy (non-hydrogen) atoms. The van der Waals surface area contributed by atoms with Gasteiger partial charge in [0.15, 0.2) is 0 Å². The van der Waals surface area contributed by atoms with Crippen LogP contribution in [-0.4, -0.2) is 22.9 Å². The molecular weight excluding hydrogens is 247 g/mol. The second-order valence-electron chi connectivity index (χ2n) is 3.94. The fourth-order valence-corrected chi connectivity index (χ4v) is 1.63. The highest BCUT2D eigenvalue weighted by atomic mass is 19.1. The molecule has 98 valence electrons. The van der Waals surface area contributed by atoms with Crippen molar-refractivity contribution in [2.24, 2.45) is 0 Å². The van der Waals surface area contributed by atoms with E-state index in [4.69, 9.17) is 0 Å². The van der Waals surface area contributed by atoms with Gasteiger partial charge in [0.05, 0.1) is 11.8 Å². The predicted molar refractivity (Wildman–Crippen MR) is 70.7 cm³/mol. The van der Waals surface area contributed by atoms with E-state index in [-0.39, 0.29) is 5.56 Å². The Hall–Kier alpha value is -2.50.